The molecule has 0 amide bonds. The highest BCUT2D eigenvalue weighted by molar-refractivity contribution is 9.10. The molecule has 0 spiro atoms. The molecule has 5 heteroatoms. The van der Waals surface area contributed by atoms with Gasteiger partial charge in [-0.05, 0) is 28.4 Å². The van der Waals surface area contributed by atoms with Crippen LogP contribution in [-0.4, -0.2) is 20.0 Å². The Bertz CT molecular complexity index is 654. The summed E-state index contributed by atoms with van der Waals surface area (Å²) >= 11 is 3.47. The Kier molecular flexibility index (Phi) is 2.48. The van der Waals surface area contributed by atoms with Gasteiger partial charge in [0, 0.05) is 0 Å². The molecular formula is C12H11BrN4. The van der Waals surface area contributed by atoms with Crippen LogP contribution in [0.1, 0.15) is 11.3 Å². The number of halogens is 1. The van der Waals surface area contributed by atoms with Crippen LogP contribution < -0.4 is 0 Å². The molecule has 0 saturated carbocycles. The summed E-state index contributed by atoms with van der Waals surface area (Å²) in [5.41, 5.74) is 4.11. The van der Waals surface area contributed by atoms with Gasteiger partial charge in [0.05, 0.1) is 12.2 Å². The molecule has 4 nitrogen and oxygen atoms in total. The highest BCUT2D eigenvalue weighted by atomic mass is 79.9. The molecule has 0 radical (unpaired) electrons. The lowest BCUT2D eigenvalue weighted by Crippen LogP contribution is -2.01. The standard InChI is InChI=1S/C12H11BrN4/c1-8-10-11(12(13)15-14-10)17(16-8)7-9-5-3-2-4-6-9/h2-6H,7H2,1H3,(H,14,15). The van der Waals surface area contributed by atoms with E-state index in [9.17, 15) is 0 Å². The van der Waals surface area contributed by atoms with Gasteiger partial charge in [-0.1, -0.05) is 30.3 Å². The second-order valence-electron chi connectivity index (χ2n) is 3.96. The third-order valence-corrected chi connectivity index (χ3v) is 3.30. The van der Waals surface area contributed by atoms with Gasteiger partial charge in [0.1, 0.15) is 15.6 Å². The van der Waals surface area contributed by atoms with Crippen LogP contribution in [0.15, 0.2) is 34.9 Å². The number of aryl methyl sites for hydroxylation is 1. The molecular weight excluding hydrogens is 280 g/mol. The number of rotatable bonds is 2. The van der Waals surface area contributed by atoms with Gasteiger partial charge in [-0.3, -0.25) is 9.78 Å². The Morgan fingerprint density at radius 2 is 2.06 bits per heavy atom. The number of aromatic nitrogens is 4. The summed E-state index contributed by atoms with van der Waals surface area (Å²) in [6.07, 6.45) is 0. The predicted octanol–water partition coefficient (Wildman–Crippen LogP) is 2.88. The second kappa shape index (κ2) is 4.00. The quantitative estimate of drug-likeness (QED) is 0.789. The monoisotopic (exact) mass is 290 g/mol. The minimum Gasteiger partial charge on any atom is -0.269 e. The van der Waals surface area contributed by atoms with Crippen molar-refractivity contribution in [1.82, 2.24) is 20.0 Å². The first kappa shape index (κ1) is 10.5. The molecule has 3 rings (SSSR count). The van der Waals surface area contributed by atoms with Gasteiger partial charge in [-0.15, -0.1) is 0 Å². The highest BCUT2D eigenvalue weighted by Gasteiger charge is 2.13. The van der Waals surface area contributed by atoms with Crippen LogP contribution in [0.3, 0.4) is 0 Å². The van der Waals surface area contributed by atoms with Gasteiger partial charge in [0.15, 0.2) is 0 Å². The fourth-order valence-corrected chi connectivity index (χ4v) is 2.43. The van der Waals surface area contributed by atoms with E-state index in [1.54, 1.807) is 0 Å². The maximum Gasteiger partial charge on any atom is 0.134 e. The summed E-state index contributed by atoms with van der Waals surface area (Å²) in [5.74, 6) is 0. The zero-order valence-corrected chi connectivity index (χ0v) is 10.9. The maximum atomic E-state index is 4.51. The first-order valence-electron chi connectivity index (χ1n) is 5.36. The van der Waals surface area contributed by atoms with Crippen molar-refractivity contribution in [3.8, 4) is 0 Å². The van der Waals surface area contributed by atoms with Crippen LogP contribution in [0.5, 0.6) is 0 Å². The Labute approximate surface area is 107 Å². The molecule has 1 N–H and O–H groups in total. The lowest BCUT2D eigenvalue weighted by atomic mass is 10.2. The van der Waals surface area contributed by atoms with Crippen molar-refractivity contribution in [2.24, 2.45) is 0 Å². The van der Waals surface area contributed by atoms with Gasteiger partial charge < -0.3 is 0 Å². The van der Waals surface area contributed by atoms with Gasteiger partial charge >= 0.3 is 0 Å². The zero-order valence-electron chi connectivity index (χ0n) is 9.31. The second-order valence-corrected chi connectivity index (χ2v) is 4.76. The SMILES string of the molecule is Cc1nn(Cc2ccccc2)c2c(Br)[nH]nc12. The lowest BCUT2D eigenvalue weighted by molar-refractivity contribution is 0.700. The molecule has 2 aromatic heterocycles. The van der Waals surface area contributed by atoms with Crippen LogP contribution >= 0.6 is 15.9 Å². The van der Waals surface area contributed by atoms with Crippen LogP contribution in [0.25, 0.3) is 11.0 Å². The van der Waals surface area contributed by atoms with Crippen molar-refractivity contribution >= 4 is 27.0 Å². The number of H-pyrrole nitrogens is 1. The van der Waals surface area contributed by atoms with Crippen molar-refractivity contribution in [2.75, 3.05) is 0 Å². The molecule has 0 unspecified atom stereocenters. The van der Waals surface area contributed by atoms with Crippen molar-refractivity contribution in [3.63, 3.8) is 0 Å². The number of nitrogens with zero attached hydrogens (tertiary/aromatic N) is 3. The minimum atomic E-state index is 0.753. The number of hydrogen-bond donors (Lipinski definition) is 1. The van der Waals surface area contributed by atoms with E-state index in [0.29, 0.717) is 0 Å². The molecule has 0 fully saturated rings. The highest BCUT2D eigenvalue weighted by Crippen LogP contribution is 2.23. The summed E-state index contributed by atoms with van der Waals surface area (Å²) in [6.45, 7) is 2.72. The molecule has 0 aliphatic rings. The summed E-state index contributed by atoms with van der Waals surface area (Å²) in [4.78, 5) is 0. The predicted molar refractivity (Wildman–Crippen MR) is 69.9 cm³/mol. The van der Waals surface area contributed by atoms with Gasteiger partial charge in [0.25, 0.3) is 0 Å². The van der Waals surface area contributed by atoms with Gasteiger partial charge in [-0.2, -0.15) is 10.2 Å². The summed E-state index contributed by atoms with van der Waals surface area (Å²) in [6, 6.07) is 10.3. The molecule has 0 saturated heterocycles. The van der Waals surface area contributed by atoms with Gasteiger partial charge in [0.2, 0.25) is 0 Å². The topological polar surface area (TPSA) is 46.5 Å². The van der Waals surface area contributed by atoms with Crippen molar-refractivity contribution in [1.29, 1.82) is 0 Å². The molecule has 86 valence electrons. The van der Waals surface area contributed by atoms with E-state index in [1.165, 1.54) is 5.56 Å². The van der Waals surface area contributed by atoms with Crippen molar-refractivity contribution in [3.05, 3.63) is 46.2 Å². The molecule has 3 aromatic rings. The van der Waals surface area contributed by atoms with E-state index >= 15 is 0 Å². The smallest absolute Gasteiger partial charge is 0.134 e. The maximum absolute atomic E-state index is 4.51. The fourth-order valence-electron chi connectivity index (χ4n) is 1.95. The van der Waals surface area contributed by atoms with E-state index < -0.39 is 0 Å². The zero-order chi connectivity index (χ0) is 11.8. The van der Waals surface area contributed by atoms with E-state index in [0.717, 1.165) is 27.9 Å². The Morgan fingerprint density at radius 1 is 1.29 bits per heavy atom. The number of hydrogen-bond acceptors (Lipinski definition) is 2. The molecule has 0 aliphatic carbocycles. The summed E-state index contributed by atoms with van der Waals surface area (Å²) in [5, 5.41) is 11.7. The molecule has 0 aliphatic heterocycles. The fraction of sp³-hybridized carbons (Fsp3) is 0.167. The molecule has 2 heterocycles. The number of aromatic amines is 1. The Morgan fingerprint density at radius 3 is 2.82 bits per heavy atom. The van der Waals surface area contributed by atoms with E-state index in [1.807, 2.05) is 29.8 Å². The Hall–Kier alpha value is -1.62. The Balaban J connectivity index is 2.09. The average Bonchev–Trinajstić information content (AvgIpc) is 2.84. The van der Waals surface area contributed by atoms with Crippen LogP contribution in [0.4, 0.5) is 0 Å². The van der Waals surface area contributed by atoms with Gasteiger partial charge in [-0.25, -0.2) is 0 Å². The first-order valence-corrected chi connectivity index (χ1v) is 6.16. The summed E-state index contributed by atoms with van der Waals surface area (Å²) in [7, 11) is 0. The minimum absolute atomic E-state index is 0.753. The largest absolute Gasteiger partial charge is 0.269 e. The van der Waals surface area contributed by atoms with E-state index in [-0.39, 0.29) is 0 Å². The molecule has 0 atom stereocenters. The molecule has 17 heavy (non-hydrogen) atoms. The van der Waals surface area contributed by atoms with E-state index in [2.05, 4.69) is 43.4 Å². The van der Waals surface area contributed by atoms with Crippen molar-refractivity contribution < 1.29 is 0 Å². The summed E-state index contributed by atoms with van der Waals surface area (Å²) < 4.78 is 2.84. The number of benzene rings is 1. The lowest BCUT2D eigenvalue weighted by Gasteiger charge is -2.02. The number of fused-ring (bicyclic) bond motifs is 1. The van der Waals surface area contributed by atoms with Crippen molar-refractivity contribution in [2.45, 2.75) is 13.5 Å². The number of nitrogens with one attached hydrogen (secondary N) is 1. The normalized spacial score (nSPS) is 11.2. The third kappa shape index (κ3) is 1.76. The van der Waals surface area contributed by atoms with Crippen LogP contribution in [0.2, 0.25) is 0 Å². The molecule has 1 aromatic carbocycles. The van der Waals surface area contributed by atoms with Crippen LogP contribution in [-0.2, 0) is 6.54 Å². The third-order valence-electron chi connectivity index (χ3n) is 2.74. The van der Waals surface area contributed by atoms with Crippen LogP contribution in [0, 0.1) is 6.92 Å². The van der Waals surface area contributed by atoms with E-state index in [4.69, 9.17) is 0 Å². The average molecular weight is 291 g/mol. The first-order chi connectivity index (χ1) is 8.25. The molecule has 0 bridgehead atoms.